The second-order valence-corrected chi connectivity index (χ2v) is 5.24. The molecule has 2 rings (SSSR count). The zero-order valence-corrected chi connectivity index (χ0v) is 11.4. The van der Waals surface area contributed by atoms with Gasteiger partial charge < -0.3 is 5.73 Å². The van der Waals surface area contributed by atoms with E-state index >= 15 is 0 Å². The van der Waals surface area contributed by atoms with Gasteiger partial charge in [0.25, 0.3) is 0 Å². The van der Waals surface area contributed by atoms with Crippen LogP contribution in [-0.4, -0.2) is 10.2 Å². The standard InChI is InChI=1S/C15H23N3/c1-11-10-14(12(2)18-17-11)15(16)13-8-6-4-3-5-7-9-13/h8,10,15H,3-7,9,16H2,1-2H3/b13-8+. The lowest BCUT2D eigenvalue weighted by atomic mass is 9.91. The van der Waals surface area contributed by atoms with Crippen molar-refractivity contribution in [1.82, 2.24) is 10.2 Å². The van der Waals surface area contributed by atoms with E-state index in [0.717, 1.165) is 23.4 Å². The highest BCUT2D eigenvalue weighted by atomic mass is 15.1. The highest BCUT2D eigenvalue weighted by Crippen LogP contribution is 2.28. The van der Waals surface area contributed by atoms with Gasteiger partial charge >= 0.3 is 0 Å². The number of aryl methyl sites for hydroxylation is 2. The molecule has 98 valence electrons. The second-order valence-electron chi connectivity index (χ2n) is 5.24. The smallest absolute Gasteiger partial charge is 0.0651 e. The maximum Gasteiger partial charge on any atom is 0.0651 e. The predicted molar refractivity (Wildman–Crippen MR) is 74.2 cm³/mol. The molecule has 0 saturated heterocycles. The largest absolute Gasteiger partial charge is 0.320 e. The normalized spacial score (nSPS) is 21.6. The van der Waals surface area contributed by atoms with E-state index in [2.05, 4.69) is 22.3 Å². The minimum absolute atomic E-state index is 0.00250. The van der Waals surface area contributed by atoms with Crippen LogP contribution in [0.5, 0.6) is 0 Å². The van der Waals surface area contributed by atoms with Gasteiger partial charge in [-0.05, 0) is 51.2 Å². The van der Waals surface area contributed by atoms with Crippen LogP contribution in [0.3, 0.4) is 0 Å². The van der Waals surface area contributed by atoms with Gasteiger partial charge in [-0.2, -0.15) is 10.2 Å². The Balaban J connectivity index is 2.23. The molecule has 0 spiro atoms. The van der Waals surface area contributed by atoms with Gasteiger partial charge in [-0.1, -0.05) is 24.5 Å². The van der Waals surface area contributed by atoms with Crippen molar-refractivity contribution in [3.8, 4) is 0 Å². The Morgan fingerprint density at radius 1 is 1.11 bits per heavy atom. The van der Waals surface area contributed by atoms with Crippen LogP contribution in [0, 0.1) is 13.8 Å². The van der Waals surface area contributed by atoms with Gasteiger partial charge in [0, 0.05) is 0 Å². The summed E-state index contributed by atoms with van der Waals surface area (Å²) in [6.07, 6.45) is 9.88. The lowest BCUT2D eigenvalue weighted by Crippen LogP contribution is -2.16. The number of nitrogens with zero attached hydrogens (tertiary/aromatic N) is 2. The molecular weight excluding hydrogens is 222 g/mol. The maximum atomic E-state index is 6.42. The molecule has 3 heteroatoms. The number of rotatable bonds is 2. The summed E-state index contributed by atoms with van der Waals surface area (Å²) in [4.78, 5) is 0. The van der Waals surface area contributed by atoms with Gasteiger partial charge in [0.15, 0.2) is 0 Å². The fourth-order valence-corrected chi connectivity index (χ4v) is 2.58. The molecule has 1 aromatic rings. The molecule has 0 fully saturated rings. The van der Waals surface area contributed by atoms with E-state index in [9.17, 15) is 0 Å². The predicted octanol–water partition coefficient (Wildman–Crippen LogP) is 3.37. The van der Waals surface area contributed by atoms with Crippen LogP contribution in [0.4, 0.5) is 0 Å². The Bertz CT molecular complexity index is 437. The fraction of sp³-hybridized carbons (Fsp3) is 0.600. The van der Waals surface area contributed by atoms with Gasteiger partial charge in [-0.15, -0.1) is 0 Å². The van der Waals surface area contributed by atoms with Gasteiger partial charge in [0.1, 0.15) is 0 Å². The van der Waals surface area contributed by atoms with Crippen LogP contribution < -0.4 is 5.73 Å². The fourth-order valence-electron chi connectivity index (χ4n) is 2.58. The molecule has 1 aromatic heterocycles. The number of hydrogen-bond acceptors (Lipinski definition) is 3. The number of aromatic nitrogens is 2. The van der Waals surface area contributed by atoms with Crippen molar-refractivity contribution in [2.75, 3.05) is 0 Å². The maximum absolute atomic E-state index is 6.42. The SMILES string of the molecule is Cc1cc(C(N)/C2=C/CCCCCC2)c(C)nn1. The van der Waals surface area contributed by atoms with E-state index in [0.29, 0.717) is 0 Å². The van der Waals surface area contributed by atoms with Crippen LogP contribution in [0.25, 0.3) is 0 Å². The quantitative estimate of drug-likeness (QED) is 0.813. The van der Waals surface area contributed by atoms with Crippen molar-refractivity contribution in [2.24, 2.45) is 5.73 Å². The molecule has 0 bridgehead atoms. The summed E-state index contributed by atoms with van der Waals surface area (Å²) in [7, 11) is 0. The number of allylic oxidation sites excluding steroid dienone is 1. The Morgan fingerprint density at radius 2 is 1.89 bits per heavy atom. The molecule has 0 aliphatic heterocycles. The average Bonchev–Trinajstić information content (AvgIpc) is 2.31. The van der Waals surface area contributed by atoms with E-state index < -0.39 is 0 Å². The molecule has 0 radical (unpaired) electrons. The zero-order chi connectivity index (χ0) is 13.0. The van der Waals surface area contributed by atoms with E-state index in [-0.39, 0.29) is 6.04 Å². The van der Waals surface area contributed by atoms with Crippen molar-refractivity contribution >= 4 is 0 Å². The minimum atomic E-state index is -0.00250. The highest BCUT2D eigenvalue weighted by molar-refractivity contribution is 5.31. The molecule has 0 aromatic carbocycles. The first-order chi connectivity index (χ1) is 8.68. The minimum Gasteiger partial charge on any atom is -0.320 e. The number of hydrogen-bond donors (Lipinski definition) is 1. The Kier molecular flexibility index (Phi) is 4.48. The summed E-state index contributed by atoms with van der Waals surface area (Å²) >= 11 is 0. The summed E-state index contributed by atoms with van der Waals surface area (Å²) in [5.74, 6) is 0. The summed E-state index contributed by atoms with van der Waals surface area (Å²) in [6, 6.07) is 2.07. The van der Waals surface area contributed by atoms with Crippen molar-refractivity contribution in [3.63, 3.8) is 0 Å². The van der Waals surface area contributed by atoms with E-state index in [1.54, 1.807) is 0 Å². The molecule has 0 amide bonds. The first kappa shape index (κ1) is 13.2. The van der Waals surface area contributed by atoms with Crippen LogP contribution in [0.1, 0.15) is 61.5 Å². The number of nitrogens with two attached hydrogens (primary N) is 1. The molecule has 2 N–H and O–H groups in total. The van der Waals surface area contributed by atoms with Crippen LogP contribution in [0.2, 0.25) is 0 Å². The zero-order valence-electron chi connectivity index (χ0n) is 11.4. The molecule has 1 aliphatic rings. The monoisotopic (exact) mass is 245 g/mol. The molecule has 18 heavy (non-hydrogen) atoms. The van der Waals surface area contributed by atoms with Gasteiger partial charge in [0.2, 0.25) is 0 Å². The van der Waals surface area contributed by atoms with Gasteiger partial charge in [-0.3, -0.25) is 0 Å². The third kappa shape index (κ3) is 3.16. The van der Waals surface area contributed by atoms with Crippen molar-refractivity contribution in [1.29, 1.82) is 0 Å². The lowest BCUT2D eigenvalue weighted by Gasteiger charge is -2.20. The van der Waals surface area contributed by atoms with Crippen LogP contribution >= 0.6 is 0 Å². The van der Waals surface area contributed by atoms with Crippen LogP contribution in [0.15, 0.2) is 17.7 Å². The molecule has 1 heterocycles. The first-order valence-electron chi connectivity index (χ1n) is 6.94. The van der Waals surface area contributed by atoms with Crippen LogP contribution in [-0.2, 0) is 0 Å². The van der Waals surface area contributed by atoms with Crippen molar-refractivity contribution in [2.45, 2.75) is 58.4 Å². The Morgan fingerprint density at radius 3 is 2.72 bits per heavy atom. The van der Waals surface area contributed by atoms with E-state index in [4.69, 9.17) is 5.73 Å². The molecule has 3 nitrogen and oxygen atoms in total. The molecule has 0 saturated carbocycles. The van der Waals surface area contributed by atoms with E-state index in [1.807, 2.05) is 13.8 Å². The summed E-state index contributed by atoms with van der Waals surface area (Å²) in [5.41, 5.74) is 10.8. The summed E-state index contributed by atoms with van der Waals surface area (Å²) < 4.78 is 0. The third-order valence-electron chi connectivity index (χ3n) is 3.70. The Hall–Kier alpha value is -1.22. The lowest BCUT2D eigenvalue weighted by molar-refractivity contribution is 0.600. The summed E-state index contributed by atoms with van der Waals surface area (Å²) in [5, 5.41) is 8.25. The van der Waals surface area contributed by atoms with Crippen molar-refractivity contribution in [3.05, 3.63) is 34.7 Å². The molecule has 1 aliphatic carbocycles. The van der Waals surface area contributed by atoms with Gasteiger partial charge in [-0.25, -0.2) is 0 Å². The third-order valence-corrected chi connectivity index (χ3v) is 3.70. The Labute approximate surface area is 109 Å². The van der Waals surface area contributed by atoms with Gasteiger partial charge in [0.05, 0.1) is 17.4 Å². The first-order valence-corrected chi connectivity index (χ1v) is 6.94. The topological polar surface area (TPSA) is 51.8 Å². The average molecular weight is 245 g/mol. The molecule has 1 atom stereocenters. The van der Waals surface area contributed by atoms with Crippen molar-refractivity contribution < 1.29 is 0 Å². The van der Waals surface area contributed by atoms with E-state index in [1.165, 1.54) is 37.7 Å². The second kappa shape index (κ2) is 6.10. The summed E-state index contributed by atoms with van der Waals surface area (Å²) in [6.45, 7) is 3.96. The highest BCUT2D eigenvalue weighted by Gasteiger charge is 2.16. The molecular formula is C15H23N3. The molecule has 1 unspecified atom stereocenters.